The van der Waals surface area contributed by atoms with Crippen LogP contribution in [0.15, 0.2) is 47.4 Å². The summed E-state index contributed by atoms with van der Waals surface area (Å²) >= 11 is 0. The van der Waals surface area contributed by atoms with Crippen LogP contribution in [0.1, 0.15) is 35.1 Å². The van der Waals surface area contributed by atoms with E-state index in [1.807, 2.05) is 37.3 Å². The summed E-state index contributed by atoms with van der Waals surface area (Å²) in [6, 6.07) is 13.1. The molecule has 0 saturated carbocycles. The van der Waals surface area contributed by atoms with Gasteiger partial charge in [-0.15, -0.1) is 0 Å². The third-order valence-corrected chi connectivity index (χ3v) is 6.02. The van der Waals surface area contributed by atoms with Gasteiger partial charge in [0.1, 0.15) is 0 Å². The maximum atomic E-state index is 12.5. The lowest BCUT2D eigenvalue weighted by Crippen LogP contribution is -2.36. The molecule has 3 rings (SSSR count). The van der Waals surface area contributed by atoms with Crippen LogP contribution in [0.5, 0.6) is 0 Å². The van der Waals surface area contributed by atoms with Crippen LogP contribution in [-0.2, 0) is 34.2 Å². The number of hydrogen-bond acceptors (Lipinski definition) is 3. The Hall–Kier alpha value is -2.18. The minimum Gasteiger partial charge on any atom is -0.351 e. The number of sulfonamides is 1. The van der Waals surface area contributed by atoms with Gasteiger partial charge in [-0.2, -0.15) is 0 Å². The van der Waals surface area contributed by atoms with E-state index in [2.05, 4.69) is 10.0 Å². The van der Waals surface area contributed by atoms with E-state index < -0.39 is 10.0 Å². The Morgan fingerprint density at radius 1 is 1.04 bits per heavy atom. The highest BCUT2D eigenvalue weighted by Crippen LogP contribution is 2.23. The van der Waals surface area contributed by atoms with Crippen molar-refractivity contribution >= 4 is 15.9 Å². The number of aryl methyl sites for hydroxylation is 3. The van der Waals surface area contributed by atoms with Crippen LogP contribution in [-0.4, -0.2) is 20.9 Å². The first-order valence-electron chi connectivity index (χ1n) is 8.88. The van der Waals surface area contributed by atoms with E-state index in [4.69, 9.17) is 0 Å². The molecule has 0 radical (unpaired) electrons. The van der Waals surface area contributed by atoms with Crippen LogP contribution in [0, 0.1) is 6.92 Å². The summed E-state index contributed by atoms with van der Waals surface area (Å²) < 4.78 is 27.3. The predicted molar refractivity (Wildman–Crippen MR) is 101 cm³/mol. The Morgan fingerprint density at radius 2 is 1.81 bits per heavy atom. The van der Waals surface area contributed by atoms with Gasteiger partial charge < -0.3 is 5.32 Å². The van der Waals surface area contributed by atoms with E-state index in [9.17, 15) is 13.2 Å². The summed E-state index contributed by atoms with van der Waals surface area (Å²) in [5.74, 6) is -0.354. The largest absolute Gasteiger partial charge is 0.351 e. The van der Waals surface area contributed by atoms with Gasteiger partial charge in [0, 0.05) is 6.54 Å². The quantitative estimate of drug-likeness (QED) is 0.818. The summed E-state index contributed by atoms with van der Waals surface area (Å²) in [7, 11) is -3.69. The van der Waals surface area contributed by atoms with E-state index in [0.29, 0.717) is 6.54 Å². The topological polar surface area (TPSA) is 75.3 Å². The van der Waals surface area contributed by atoms with Gasteiger partial charge in [0.05, 0.1) is 11.4 Å². The predicted octanol–water partition coefficient (Wildman–Crippen LogP) is 2.47. The summed E-state index contributed by atoms with van der Waals surface area (Å²) in [6.07, 6.45) is 4.16. The molecule has 0 unspecified atom stereocenters. The van der Waals surface area contributed by atoms with E-state index >= 15 is 0 Å². The van der Waals surface area contributed by atoms with Crippen LogP contribution in [0.4, 0.5) is 0 Å². The van der Waals surface area contributed by atoms with E-state index in [0.717, 1.165) is 42.4 Å². The zero-order valence-corrected chi connectivity index (χ0v) is 15.7. The van der Waals surface area contributed by atoms with Crippen molar-refractivity contribution in [3.63, 3.8) is 0 Å². The minimum atomic E-state index is -3.69. The molecule has 1 aliphatic carbocycles. The number of nitrogens with one attached hydrogen (secondary N) is 2. The molecule has 0 atom stereocenters. The molecule has 0 aromatic heterocycles. The minimum absolute atomic E-state index is 0.227. The summed E-state index contributed by atoms with van der Waals surface area (Å²) in [5, 5.41) is 2.73. The summed E-state index contributed by atoms with van der Waals surface area (Å²) in [4.78, 5) is 12.2. The Labute approximate surface area is 154 Å². The van der Waals surface area contributed by atoms with E-state index in [1.165, 1.54) is 5.56 Å². The third-order valence-electron chi connectivity index (χ3n) is 4.63. The van der Waals surface area contributed by atoms with Crippen LogP contribution in [0.25, 0.3) is 0 Å². The van der Waals surface area contributed by atoms with E-state index in [1.54, 1.807) is 12.1 Å². The maximum Gasteiger partial charge on any atom is 0.241 e. The van der Waals surface area contributed by atoms with Crippen molar-refractivity contribution in [1.82, 2.24) is 10.0 Å². The van der Waals surface area contributed by atoms with Crippen LogP contribution in [0.3, 0.4) is 0 Å². The highest BCUT2D eigenvalue weighted by Gasteiger charge is 2.18. The smallest absolute Gasteiger partial charge is 0.241 e. The van der Waals surface area contributed by atoms with Gasteiger partial charge in [-0.3, -0.25) is 4.79 Å². The molecule has 2 N–H and O–H groups in total. The molecular formula is C20H24N2O3S. The monoisotopic (exact) mass is 372 g/mol. The highest BCUT2D eigenvalue weighted by molar-refractivity contribution is 7.89. The molecule has 0 spiro atoms. The van der Waals surface area contributed by atoms with Gasteiger partial charge in [-0.1, -0.05) is 35.9 Å². The number of amides is 1. The molecule has 6 heteroatoms. The molecule has 2 aromatic carbocycles. The van der Waals surface area contributed by atoms with Crippen molar-refractivity contribution in [1.29, 1.82) is 0 Å². The molecule has 1 aliphatic rings. The first kappa shape index (κ1) is 18.6. The van der Waals surface area contributed by atoms with Gasteiger partial charge in [0.25, 0.3) is 0 Å². The zero-order chi connectivity index (χ0) is 18.6. The van der Waals surface area contributed by atoms with Crippen molar-refractivity contribution in [3.8, 4) is 0 Å². The summed E-state index contributed by atoms with van der Waals surface area (Å²) in [5.41, 5.74) is 4.43. The molecule has 26 heavy (non-hydrogen) atoms. The van der Waals surface area contributed by atoms with Crippen molar-refractivity contribution in [2.75, 3.05) is 6.54 Å². The lowest BCUT2D eigenvalue weighted by molar-refractivity contribution is -0.120. The van der Waals surface area contributed by atoms with Crippen LogP contribution in [0.2, 0.25) is 0 Å². The number of rotatable bonds is 6. The molecule has 0 saturated heterocycles. The second-order valence-corrected chi connectivity index (χ2v) is 8.49. The fraction of sp³-hybridized carbons (Fsp3) is 0.350. The van der Waals surface area contributed by atoms with Crippen molar-refractivity contribution in [2.45, 2.75) is 44.0 Å². The number of carbonyl (C=O) groups excluding carboxylic acids is 1. The van der Waals surface area contributed by atoms with Gasteiger partial charge in [0.15, 0.2) is 0 Å². The van der Waals surface area contributed by atoms with Gasteiger partial charge in [-0.25, -0.2) is 13.1 Å². The zero-order valence-electron chi connectivity index (χ0n) is 14.9. The number of carbonyl (C=O) groups is 1. The average Bonchev–Trinajstić information content (AvgIpc) is 2.64. The van der Waals surface area contributed by atoms with Crippen molar-refractivity contribution in [2.24, 2.45) is 0 Å². The van der Waals surface area contributed by atoms with E-state index in [-0.39, 0.29) is 17.3 Å². The Bertz CT molecular complexity index is 907. The Morgan fingerprint density at radius 3 is 2.58 bits per heavy atom. The number of fused-ring (bicyclic) bond motifs is 1. The fourth-order valence-electron chi connectivity index (χ4n) is 3.21. The van der Waals surface area contributed by atoms with Gasteiger partial charge in [-0.05, 0) is 61.4 Å². The highest BCUT2D eigenvalue weighted by atomic mass is 32.2. The number of hydrogen-bond donors (Lipinski definition) is 2. The second-order valence-electron chi connectivity index (χ2n) is 6.73. The molecule has 0 fully saturated rings. The SMILES string of the molecule is Cc1cccc(CNC(=O)CNS(=O)(=O)c2ccc3c(c2)CCCC3)c1. The van der Waals surface area contributed by atoms with Gasteiger partial charge in [0.2, 0.25) is 15.9 Å². The second kappa shape index (κ2) is 8.01. The molecule has 5 nitrogen and oxygen atoms in total. The molecular weight excluding hydrogens is 348 g/mol. The average molecular weight is 372 g/mol. The maximum absolute atomic E-state index is 12.5. The fourth-order valence-corrected chi connectivity index (χ4v) is 4.24. The molecule has 0 bridgehead atoms. The van der Waals surface area contributed by atoms with Crippen LogP contribution >= 0.6 is 0 Å². The Kier molecular flexibility index (Phi) is 5.74. The normalized spacial score (nSPS) is 13.9. The summed E-state index contributed by atoms with van der Waals surface area (Å²) in [6.45, 7) is 2.09. The van der Waals surface area contributed by atoms with Crippen LogP contribution < -0.4 is 10.0 Å². The lowest BCUT2D eigenvalue weighted by atomic mass is 9.92. The number of benzene rings is 2. The third kappa shape index (κ3) is 4.71. The lowest BCUT2D eigenvalue weighted by Gasteiger charge is -2.16. The molecule has 138 valence electrons. The molecule has 0 aliphatic heterocycles. The molecule has 1 amide bonds. The van der Waals surface area contributed by atoms with Crippen molar-refractivity contribution < 1.29 is 13.2 Å². The molecule has 2 aromatic rings. The first-order chi connectivity index (χ1) is 12.4. The van der Waals surface area contributed by atoms with Gasteiger partial charge >= 0.3 is 0 Å². The Balaban J connectivity index is 1.57. The van der Waals surface area contributed by atoms with Crippen molar-refractivity contribution in [3.05, 3.63) is 64.7 Å². The first-order valence-corrected chi connectivity index (χ1v) is 10.4. The molecule has 0 heterocycles. The standard InChI is InChI=1S/C20H24N2O3S/c1-15-5-4-6-16(11-15)13-21-20(23)14-22-26(24,25)19-10-9-17-7-2-3-8-18(17)12-19/h4-6,9-12,22H,2-3,7-8,13-14H2,1H3,(H,21,23).